The average molecular weight is 434 g/mol. The molecular weight excluding hydrogens is 402 g/mol. The lowest BCUT2D eigenvalue weighted by Crippen LogP contribution is -2.42. The molecule has 5 atom stereocenters. The Labute approximate surface area is 179 Å². The van der Waals surface area contributed by atoms with Crippen molar-refractivity contribution in [3.05, 3.63) is 27.2 Å². The van der Waals surface area contributed by atoms with Crippen molar-refractivity contribution in [3.63, 3.8) is 0 Å². The summed E-state index contributed by atoms with van der Waals surface area (Å²) in [6, 6.07) is -0.665. The van der Waals surface area contributed by atoms with Gasteiger partial charge in [-0.2, -0.15) is 0 Å². The topological polar surface area (TPSA) is 131 Å². The van der Waals surface area contributed by atoms with Crippen LogP contribution in [-0.4, -0.2) is 54.1 Å². The number of amides is 1. The van der Waals surface area contributed by atoms with Gasteiger partial charge in [0.1, 0.15) is 6.10 Å². The van der Waals surface area contributed by atoms with Gasteiger partial charge in [-0.05, 0) is 19.3 Å². The molecule has 4 rings (SSSR count). The number of nitrogens with one attached hydrogen (secondary N) is 1. The number of fused-ring (bicyclic) bond motifs is 2. The number of carbonyl (C=O) groups is 1. The first kappa shape index (κ1) is 21.8. The lowest BCUT2D eigenvalue weighted by Gasteiger charge is -2.24. The normalized spacial score (nSPS) is 29.3. The van der Waals surface area contributed by atoms with Gasteiger partial charge in [0.25, 0.3) is 5.56 Å². The highest BCUT2D eigenvalue weighted by molar-refractivity contribution is 5.87. The minimum atomic E-state index is -1.23. The molecule has 2 saturated carbocycles. The molecule has 0 spiro atoms. The number of aromatic nitrogens is 4. The summed E-state index contributed by atoms with van der Waals surface area (Å²) in [5.74, 6) is -0.620. The molecule has 0 aromatic carbocycles. The number of hydrogen-bond acceptors (Lipinski definition) is 6. The Hall–Kier alpha value is -2.46. The Balaban J connectivity index is 1.88. The second-order valence-electron chi connectivity index (χ2n) is 8.78. The Bertz CT molecular complexity index is 1120. The van der Waals surface area contributed by atoms with Crippen molar-refractivity contribution in [3.8, 4) is 0 Å². The molecule has 0 saturated heterocycles. The van der Waals surface area contributed by atoms with E-state index in [4.69, 9.17) is 0 Å². The van der Waals surface area contributed by atoms with E-state index < -0.39 is 29.2 Å². The largest absolute Gasteiger partial charge is 0.389 e. The number of carbonyl (C=O) groups excluding carboxylic acids is 1. The maximum absolute atomic E-state index is 13.4. The summed E-state index contributed by atoms with van der Waals surface area (Å²) in [5, 5.41) is 24.1. The van der Waals surface area contributed by atoms with Crippen LogP contribution in [0.3, 0.4) is 0 Å². The van der Waals surface area contributed by atoms with Crippen LogP contribution in [0.1, 0.15) is 52.0 Å². The van der Waals surface area contributed by atoms with E-state index in [0.29, 0.717) is 25.9 Å². The summed E-state index contributed by atoms with van der Waals surface area (Å²) in [7, 11) is 1.50. The van der Waals surface area contributed by atoms with Crippen LogP contribution < -0.4 is 16.6 Å². The summed E-state index contributed by atoms with van der Waals surface area (Å²) < 4.78 is 4.36. The molecule has 2 aromatic rings. The summed E-state index contributed by atoms with van der Waals surface area (Å²) in [5.41, 5.74) is -1.34. The van der Waals surface area contributed by atoms with Gasteiger partial charge < -0.3 is 20.1 Å². The first-order valence-electron chi connectivity index (χ1n) is 11.1. The predicted molar refractivity (Wildman–Crippen MR) is 114 cm³/mol. The third kappa shape index (κ3) is 2.99. The van der Waals surface area contributed by atoms with Gasteiger partial charge in [-0.15, -0.1) is 0 Å². The molecule has 10 nitrogen and oxygen atoms in total. The van der Waals surface area contributed by atoms with Crippen molar-refractivity contribution >= 4 is 17.1 Å². The number of aliphatic hydroxyl groups excluding tert-OH is 2. The number of rotatable bonds is 8. The van der Waals surface area contributed by atoms with E-state index in [2.05, 4.69) is 10.3 Å². The SMILES string of the molecule is CCCCn1c(=O)c2c(ncn2[C@H]2[C@H](O)[C@H](O)[C@@]3(C(=O)NC)C[C@@H]23)n(CCCC)c1=O. The van der Waals surface area contributed by atoms with Crippen LogP contribution in [0, 0.1) is 11.3 Å². The van der Waals surface area contributed by atoms with Gasteiger partial charge in [-0.3, -0.25) is 18.7 Å². The quantitative estimate of drug-likeness (QED) is 0.537. The van der Waals surface area contributed by atoms with Gasteiger partial charge in [0, 0.05) is 26.1 Å². The third-order valence-corrected chi connectivity index (χ3v) is 7.05. The first-order chi connectivity index (χ1) is 14.8. The zero-order valence-corrected chi connectivity index (χ0v) is 18.2. The van der Waals surface area contributed by atoms with Gasteiger partial charge >= 0.3 is 5.69 Å². The fourth-order valence-corrected chi connectivity index (χ4v) is 5.25. The molecule has 0 bridgehead atoms. The molecule has 10 heteroatoms. The number of aryl methyl sites for hydroxylation is 1. The molecule has 31 heavy (non-hydrogen) atoms. The fraction of sp³-hybridized carbons (Fsp3) is 0.714. The van der Waals surface area contributed by atoms with Crippen molar-refractivity contribution in [1.82, 2.24) is 24.0 Å². The van der Waals surface area contributed by atoms with Crippen LogP contribution in [0.15, 0.2) is 15.9 Å². The highest BCUT2D eigenvalue weighted by Gasteiger charge is 2.75. The van der Waals surface area contributed by atoms with Gasteiger partial charge in [0.2, 0.25) is 5.91 Å². The minimum absolute atomic E-state index is 0.239. The molecule has 0 radical (unpaired) electrons. The van der Waals surface area contributed by atoms with Crippen molar-refractivity contribution in [1.29, 1.82) is 0 Å². The number of hydrogen-bond donors (Lipinski definition) is 3. The monoisotopic (exact) mass is 433 g/mol. The maximum atomic E-state index is 13.4. The molecule has 2 heterocycles. The van der Waals surface area contributed by atoms with Gasteiger partial charge in [0.05, 0.1) is 23.9 Å². The van der Waals surface area contributed by atoms with Crippen LogP contribution in [0.5, 0.6) is 0 Å². The lowest BCUT2D eigenvalue weighted by molar-refractivity contribution is -0.132. The summed E-state index contributed by atoms with van der Waals surface area (Å²) in [4.78, 5) is 43.2. The molecule has 2 aromatic heterocycles. The van der Waals surface area contributed by atoms with Crippen molar-refractivity contribution in [2.75, 3.05) is 7.05 Å². The number of imidazole rings is 1. The Morgan fingerprint density at radius 3 is 2.45 bits per heavy atom. The molecular formula is C21H31N5O5. The summed E-state index contributed by atoms with van der Waals surface area (Å²) >= 11 is 0. The first-order valence-corrected chi connectivity index (χ1v) is 11.1. The standard InChI is InChI=1S/C21H31N5O5/c1-4-6-8-24-17-14(18(29)25(20(24)31)9-7-5-2)26(11-23-17)13-12-10-21(12,19(30)22-3)16(28)15(13)27/h11-13,15-16,27-28H,4-10H2,1-3H3,(H,22,30)/t12-,13+,15-,16-,21+/m0/s1. The summed E-state index contributed by atoms with van der Waals surface area (Å²) in [6.07, 6.45) is 2.61. The van der Waals surface area contributed by atoms with Crippen molar-refractivity contribution < 1.29 is 15.0 Å². The third-order valence-electron chi connectivity index (χ3n) is 7.05. The molecule has 3 N–H and O–H groups in total. The van der Waals surface area contributed by atoms with Crippen LogP contribution in [0.25, 0.3) is 11.2 Å². The molecule has 1 amide bonds. The Morgan fingerprint density at radius 2 is 1.84 bits per heavy atom. The summed E-state index contributed by atoms with van der Waals surface area (Å²) in [6.45, 7) is 4.76. The van der Waals surface area contributed by atoms with Crippen LogP contribution >= 0.6 is 0 Å². The van der Waals surface area contributed by atoms with E-state index in [1.54, 1.807) is 4.57 Å². The van der Waals surface area contributed by atoms with E-state index in [9.17, 15) is 24.6 Å². The number of aliphatic hydroxyl groups is 2. The van der Waals surface area contributed by atoms with Crippen molar-refractivity contribution in [2.45, 2.75) is 77.3 Å². The van der Waals surface area contributed by atoms with Gasteiger partial charge in [0.15, 0.2) is 11.2 Å². The fourth-order valence-electron chi connectivity index (χ4n) is 5.25. The van der Waals surface area contributed by atoms with Crippen LogP contribution in [0.4, 0.5) is 0 Å². The Kier molecular flexibility index (Phi) is 5.55. The lowest BCUT2D eigenvalue weighted by atomic mass is 9.98. The van der Waals surface area contributed by atoms with Crippen LogP contribution in [-0.2, 0) is 17.9 Å². The predicted octanol–water partition coefficient (Wildman–Crippen LogP) is -0.0113. The second-order valence-corrected chi connectivity index (χ2v) is 8.78. The van der Waals surface area contributed by atoms with Gasteiger partial charge in [-0.25, -0.2) is 9.78 Å². The molecule has 2 aliphatic rings. The minimum Gasteiger partial charge on any atom is -0.389 e. The molecule has 2 fully saturated rings. The van der Waals surface area contributed by atoms with E-state index in [1.807, 2.05) is 13.8 Å². The zero-order valence-electron chi connectivity index (χ0n) is 18.2. The molecule has 0 aliphatic heterocycles. The molecule has 170 valence electrons. The average Bonchev–Trinajstić information content (AvgIpc) is 3.28. The number of nitrogens with zero attached hydrogens (tertiary/aromatic N) is 4. The highest BCUT2D eigenvalue weighted by Crippen LogP contribution is 2.67. The highest BCUT2D eigenvalue weighted by atomic mass is 16.3. The Morgan fingerprint density at radius 1 is 1.19 bits per heavy atom. The van der Waals surface area contributed by atoms with E-state index >= 15 is 0 Å². The smallest absolute Gasteiger partial charge is 0.332 e. The van der Waals surface area contributed by atoms with E-state index in [1.165, 1.54) is 22.5 Å². The van der Waals surface area contributed by atoms with E-state index in [-0.39, 0.29) is 28.7 Å². The molecule has 2 aliphatic carbocycles. The number of unbranched alkanes of at least 4 members (excludes halogenated alkanes) is 2. The zero-order chi connectivity index (χ0) is 22.5. The second kappa shape index (κ2) is 7.90. The van der Waals surface area contributed by atoms with Crippen molar-refractivity contribution in [2.24, 2.45) is 11.3 Å². The molecule has 0 unspecified atom stereocenters. The maximum Gasteiger partial charge on any atom is 0.332 e. The van der Waals surface area contributed by atoms with E-state index in [0.717, 1.165) is 19.3 Å². The van der Waals surface area contributed by atoms with Gasteiger partial charge in [-0.1, -0.05) is 26.7 Å². The van der Waals surface area contributed by atoms with Crippen LogP contribution in [0.2, 0.25) is 0 Å².